The van der Waals surface area contributed by atoms with Crippen molar-refractivity contribution in [1.82, 2.24) is 9.55 Å². The van der Waals surface area contributed by atoms with Crippen LogP contribution in [-0.2, 0) is 12.1 Å². The first-order valence-electron chi connectivity index (χ1n) is 9.42. The van der Waals surface area contributed by atoms with E-state index >= 15 is 0 Å². The van der Waals surface area contributed by atoms with Crippen LogP contribution in [0.25, 0.3) is 0 Å². The minimum atomic E-state index is -0.708. The largest absolute Gasteiger partial charge is 0.381 e. The maximum absolute atomic E-state index is 11.8. The first-order chi connectivity index (χ1) is 11.6. The summed E-state index contributed by atoms with van der Waals surface area (Å²) in [6.45, 7) is 2.93. The zero-order valence-corrected chi connectivity index (χ0v) is 15.6. The molecule has 1 aromatic carbocycles. The van der Waals surface area contributed by atoms with E-state index in [-0.39, 0.29) is 12.4 Å². The summed E-state index contributed by atoms with van der Waals surface area (Å²) in [5.41, 5.74) is 1.85. The van der Waals surface area contributed by atoms with E-state index < -0.39 is 5.60 Å². The molecule has 3 nitrogen and oxygen atoms in total. The van der Waals surface area contributed by atoms with Crippen molar-refractivity contribution >= 4 is 12.4 Å². The summed E-state index contributed by atoms with van der Waals surface area (Å²) in [6.07, 6.45) is 10.1. The average molecular weight is 359 g/mol. The Morgan fingerprint density at radius 1 is 1.12 bits per heavy atom. The lowest BCUT2D eigenvalue weighted by Crippen LogP contribution is -2.56. The van der Waals surface area contributed by atoms with Crippen LogP contribution in [0.1, 0.15) is 49.1 Å². The van der Waals surface area contributed by atoms with Crippen molar-refractivity contribution in [3.05, 3.63) is 53.6 Å². The first kappa shape index (κ1) is 17.1. The molecule has 4 bridgehead atoms. The number of aromatic nitrogens is 2. The summed E-state index contributed by atoms with van der Waals surface area (Å²) in [7, 11) is 0. The molecule has 2 aromatic rings. The van der Waals surface area contributed by atoms with E-state index in [1.807, 2.05) is 12.4 Å². The van der Waals surface area contributed by atoms with Crippen LogP contribution < -0.4 is 0 Å². The molecule has 1 heterocycles. The van der Waals surface area contributed by atoms with Crippen molar-refractivity contribution in [2.75, 3.05) is 0 Å². The molecular formula is C21H27ClN2O. The quantitative estimate of drug-likeness (QED) is 0.888. The highest BCUT2D eigenvalue weighted by atomic mass is 35.5. The molecular weight excluding hydrogens is 332 g/mol. The summed E-state index contributed by atoms with van der Waals surface area (Å²) in [5, 5.41) is 11.8. The van der Waals surface area contributed by atoms with Gasteiger partial charge in [-0.05, 0) is 68.3 Å². The molecule has 4 saturated carbocycles. The third-order valence-corrected chi connectivity index (χ3v) is 6.89. The number of rotatable bonds is 3. The molecule has 6 rings (SSSR count). The minimum Gasteiger partial charge on any atom is -0.381 e. The Kier molecular flexibility index (Phi) is 4.20. The van der Waals surface area contributed by atoms with Crippen LogP contribution in [0.4, 0.5) is 0 Å². The highest BCUT2D eigenvalue weighted by molar-refractivity contribution is 5.85. The van der Waals surface area contributed by atoms with Crippen LogP contribution in [0.3, 0.4) is 0 Å². The molecule has 4 aliphatic carbocycles. The Balaban J connectivity index is 0.00000157. The van der Waals surface area contributed by atoms with E-state index in [1.165, 1.54) is 43.2 Å². The van der Waals surface area contributed by atoms with Gasteiger partial charge in [0.25, 0.3) is 0 Å². The van der Waals surface area contributed by atoms with Crippen molar-refractivity contribution in [2.24, 2.45) is 23.7 Å². The lowest BCUT2D eigenvalue weighted by molar-refractivity contribution is -0.185. The number of nitrogens with zero attached hydrogens (tertiary/aromatic N) is 2. The van der Waals surface area contributed by atoms with Gasteiger partial charge in [-0.2, -0.15) is 0 Å². The standard InChI is InChI=1S/C21H26N2O.ClH/c1-14-3-2-4-15(7-14)13-23-6-5-22-20(23)21(24)18-9-16-8-17(11-18)12-19(21)10-16;/h2-7,16-19,24H,8-13H2,1H3;1H. The van der Waals surface area contributed by atoms with Gasteiger partial charge in [-0.15, -0.1) is 12.4 Å². The van der Waals surface area contributed by atoms with Gasteiger partial charge >= 0.3 is 0 Å². The lowest BCUT2D eigenvalue weighted by Gasteiger charge is -2.58. The predicted molar refractivity (Wildman–Crippen MR) is 101 cm³/mol. The van der Waals surface area contributed by atoms with Crippen molar-refractivity contribution in [3.8, 4) is 0 Å². The van der Waals surface area contributed by atoms with Crippen LogP contribution in [-0.4, -0.2) is 14.7 Å². The van der Waals surface area contributed by atoms with Crippen molar-refractivity contribution in [3.63, 3.8) is 0 Å². The van der Waals surface area contributed by atoms with Gasteiger partial charge in [0, 0.05) is 18.9 Å². The third kappa shape index (κ3) is 2.63. The fourth-order valence-corrected chi connectivity index (χ4v) is 6.07. The molecule has 0 spiro atoms. The number of aliphatic hydroxyl groups is 1. The summed E-state index contributed by atoms with van der Waals surface area (Å²) < 4.78 is 2.19. The molecule has 1 N–H and O–H groups in total. The molecule has 0 amide bonds. The summed E-state index contributed by atoms with van der Waals surface area (Å²) in [5.74, 6) is 3.44. The second-order valence-electron chi connectivity index (χ2n) is 8.50. The Morgan fingerprint density at radius 3 is 2.44 bits per heavy atom. The zero-order chi connectivity index (χ0) is 16.3. The van der Waals surface area contributed by atoms with E-state index in [9.17, 15) is 5.11 Å². The van der Waals surface area contributed by atoms with E-state index in [1.54, 1.807) is 0 Å². The molecule has 134 valence electrons. The average Bonchev–Trinajstić information content (AvgIpc) is 3.00. The predicted octanol–water partition coefficient (Wildman–Crippen LogP) is 4.31. The number of hydrogen-bond acceptors (Lipinski definition) is 2. The number of halogens is 1. The van der Waals surface area contributed by atoms with Gasteiger partial charge in [0.1, 0.15) is 11.4 Å². The fourth-order valence-electron chi connectivity index (χ4n) is 6.07. The van der Waals surface area contributed by atoms with Crippen molar-refractivity contribution < 1.29 is 5.11 Å². The molecule has 4 heteroatoms. The van der Waals surface area contributed by atoms with Crippen LogP contribution in [0, 0.1) is 30.6 Å². The SMILES string of the molecule is Cc1cccc(Cn2ccnc2C2(O)C3CC4CC(C3)CC2C4)c1.Cl. The van der Waals surface area contributed by atoms with Crippen LogP contribution in [0.15, 0.2) is 36.7 Å². The second-order valence-corrected chi connectivity index (χ2v) is 8.50. The van der Waals surface area contributed by atoms with E-state index in [4.69, 9.17) is 0 Å². The van der Waals surface area contributed by atoms with Gasteiger partial charge in [-0.25, -0.2) is 4.98 Å². The Labute approximate surface area is 155 Å². The van der Waals surface area contributed by atoms with Crippen LogP contribution in [0.2, 0.25) is 0 Å². The Hall–Kier alpha value is -1.32. The Morgan fingerprint density at radius 2 is 1.80 bits per heavy atom. The number of benzene rings is 1. The van der Waals surface area contributed by atoms with Gasteiger partial charge in [-0.3, -0.25) is 0 Å². The fraction of sp³-hybridized carbons (Fsp3) is 0.571. The third-order valence-electron chi connectivity index (χ3n) is 6.89. The van der Waals surface area contributed by atoms with Gasteiger partial charge in [-0.1, -0.05) is 29.8 Å². The van der Waals surface area contributed by atoms with Crippen molar-refractivity contribution in [1.29, 1.82) is 0 Å². The smallest absolute Gasteiger partial charge is 0.141 e. The maximum atomic E-state index is 11.8. The number of aryl methyl sites for hydroxylation is 1. The monoisotopic (exact) mass is 358 g/mol. The highest BCUT2D eigenvalue weighted by Crippen LogP contribution is 2.61. The molecule has 1 aromatic heterocycles. The minimum absolute atomic E-state index is 0. The first-order valence-corrected chi connectivity index (χ1v) is 9.42. The molecule has 4 fully saturated rings. The molecule has 0 aliphatic heterocycles. The lowest BCUT2D eigenvalue weighted by atomic mass is 9.49. The van der Waals surface area contributed by atoms with E-state index in [2.05, 4.69) is 40.7 Å². The topological polar surface area (TPSA) is 38.0 Å². The van der Waals surface area contributed by atoms with E-state index in [0.29, 0.717) is 11.8 Å². The van der Waals surface area contributed by atoms with Crippen LogP contribution >= 0.6 is 12.4 Å². The molecule has 0 saturated heterocycles. The summed E-state index contributed by atoms with van der Waals surface area (Å²) in [4.78, 5) is 4.67. The molecule has 4 aliphatic rings. The highest BCUT2D eigenvalue weighted by Gasteiger charge is 2.58. The van der Waals surface area contributed by atoms with Crippen molar-refractivity contribution in [2.45, 2.75) is 51.2 Å². The van der Waals surface area contributed by atoms with Gasteiger partial charge in [0.05, 0.1) is 0 Å². The summed E-state index contributed by atoms with van der Waals surface area (Å²) in [6, 6.07) is 8.63. The normalized spacial score (nSPS) is 35.6. The Bertz CT molecular complexity index is 741. The number of hydrogen-bond donors (Lipinski definition) is 1. The van der Waals surface area contributed by atoms with E-state index in [0.717, 1.165) is 24.2 Å². The maximum Gasteiger partial charge on any atom is 0.141 e. The van der Waals surface area contributed by atoms with Gasteiger partial charge in [0.2, 0.25) is 0 Å². The number of imidazole rings is 1. The zero-order valence-electron chi connectivity index (χ0n) is 14.8. The molecule has 0 unspecified atom stereocenters. The molecule has 0 atom stereocenters. The second kappa shape index (κ2) is 6.14. The molecule has 0 radical (unpaired) electrons. The van der Waals surface area contributed by atoms with Crippen LogP contribution in [0.5, 0.6) is 0 Å². The molecule has 25 heavy (non-hydrogen) atoms. The van der Waals surface area contributed by atoms with Gasteiger partial charge in [0.15, 0.2) is 0 Å². The summed E-state index contributed by atoms with van der Waals surface area (Å²) >= 11 is 0. The van der Waals surface area contributed by atoms with Gasteiger partial charge < -0.3 is 9.67 Å².